The summed E-state index contributed by atoms with van der Waals surface area (Å²) in [7, 11) is 4.13. The van der Waals surface area contributed by atoms with E-state index < -0.39 is 47.9 Å². The molecule has 1 unspecified atom stereocenters. The summed E-state index contributed by atoms with van der Waals surface area (Å²) in [5.41, 5.74) is 0.814. The number of nitrogens with one attached hydrogen (secondary N) is 4. The SMILES string of the molecule is COc1cc(C(=O)NC2CCN(CCN3CCN(c4cc(OC)c(NC5CCC(=O)NC5=O)cc4F)CC3)CC2)c(F)cc1Nc1ncc2c(n1)N(C1CCCC1)CC(F)(F)C(=O)N2C. The Morgan fingerprint density at radius 3 is 2.18 bits per heavy atom. The lowest BCUT2D eigenvalue weighted by atomic mass is 10.0. The van der Waals surface area contributed by atoms with Gasteiger partial charge in [-0.05, 0) is 38.2 Å². The summed E-state index contributed by atoms with van der Waals surface area (Å²) in [5, 5.41) is 11.2. The van der Waals surface area contributed by atoms with Crippen LogP contribution in [0.3, 0.4) is 0 Å². The number of carbonyl (C=O) groups excluding carboxylic acids is 4. The molecule has 4 aliphatic heterocycles. The molecule has 0 bridgehead atoms. The molecule has 65 heavy (non-hydrogen) atoms. The van der Waals surface area contributed by atoms with Gasteiger partial charge in [-0.2, -0.15) is 13.8 Å². The first-order valence-electron chi connectivity index (χ1n) is 22.1. The number of benzene rings is 2. The number of nitrogens with zero attached hydrogens (tertiary/aromatic N) is 7. The third-order valence-electron chi connectivity index (χ3n) is 13.1. The number of halogens is 4. The van der Waals surface area contributed by atoms with Gasteiger partial charge in [0.1, 0.15) is 34.9 Å². The second-order valence-corrected chi connectivity index (χ2v) is 17.3. The maximum Gasteiger partial charge on any atom is 0.342 e. The second kappa shape index (κ2) is 19.3. The molecule has 5 heterocycles. The van der Waals surface area contributed by atoms with Crippen molar-refractivity contribution in [2.45, 2.75) is 75.4 Å². The Balaban J connectivity index is 0.816. The van der Waals surface area contributed by atoms with E-state index in [4.69, 9.17) is 9.47 Å². The van der Waals surface area contributed by atoms with Crippen LogP contribution in [0.15, 0.2) is 30.5 Å². The monoisotopic (exact) mass is 909 g/mol. The molecule has 2 aromatic carbocycles. The maximum atomic E-state index is 15.7. The van der Waals surface area contributed by atoms with Crippen LogP contribution in [0.25, 0.3) is 0 Å². The van der Waals surface area contributed by atoms with E-state index >= 15 is 17.6 Å². The molecule has 1 saturated carbocycles. The quantitative estimate of drug-likeness (QED) is 0.142. The zero-order chi connectivity index (χ0) is 46.0. The lowest BCUT2D eigenvalue weighted by Gasteiger charge is -2.38. The smallest absolute Gasteiger partial charge is 0.342 e. The number of hydrogen-bond donors (Lipinski definition) is 4. The number of likely N-dealkylation sites (tertiary alicyclic amines) is 1. The van der Waals surface area contributed by atoms with Gasteiger partial charge < -0.3 is 45.0 Å². The number of imide groups is 1. The summed E-state index contributed by atoms with van der Waals surface area (Å²) in [4.78, 5) is 67.7. The van der Waals surface area contributed by atoms with Gasteiger partial charge in [0.05, 0.1) is 49.6 Å². The Labute approximate surface area is 374 Å². The molecule has 4 fully saturated rings. The number of anilines is 6. The van der Waals surface area contributed by atoms with Gasteiger partial charge in [-0.25, -0.2) is 13.8 Å². The fourth-order valence-corrected chi connectivity index (χ4v) is 9.36. The summed E-state index contributed by atoms with van der Waals surface area (Å²) in [6, 6.07) is 4.30. The zero-order valence-corrected chi connectivity index (χ0v) is 36.7. The standard InChI is InChI=1S/C44H55F4N11O6/c1-55-35-24-49-43(54-39(35)59(27-6-4-5-7-27)25-44(47,48)42(55)63)52-33-21-29(45)28(20-36(33)64-2)40(61)50-26-10-12-56(13-11-26)14-15-57-16-18-58(19-17-57)34-23-37(65-3)32(22-30(34)46)51-31-8-9-38(60)53-41(31)62/h20-24,26-27,31,51H,4-19,25H2,1-3H3,(H,50,61)(H,49,52,54)(H,53,60,62). The Morgan fingerprint density at radius 1 is 0.846 bits per heavy atom. The van der Waals surface area contributed by atoms with Crippen LogP contribution in [-0.4, -0.2) is 148 Å². The van der Waals surface area contributed by atoms with Crippen molar-refractivity contribution < 1.29 is 46.2 Å². The summed E-state index contributed by atoms with van der Waals surface area (Å²) < 4.78 is 72.3. The van der Waals surface area contributed by atoms with Crippen molar-refractivity contribution >= 4 is 58.1 Å². The predicted molar refractivity (Wildman–Crippen MR) is 235 cm³/mol. The largest absolute Gasteiger partial charge is 0.495 e. The summed E-state index contributed by atoms with van der Waals surface area (Å²) in [6.07, 6.45) is 6.24. The van der Waals surface area contributed by atoms with Gasteiger partial charge >= 0.3 is 5.92 Å². The first-order valence-corrected chi connectivity index (χ1v) is 22.1. The molecule has 17 nitrogen and oxygen atoms in total. The number of methoxy groups -OCH3 is 2. The Kier molecular flexibility index (Phi) is 13.5. The van der Waals surface area contributed by atoms with E-state index in [9.17, 15) is 19.2 Å². The van der Waals surface area contributed by atoms with Crippen molar-refractivity contribution in [3.63, 3.8) is 0 Å². The molecule has 3 saturated heterocycles. The third kappa shape index (κ3) is 10.00. The minimum Gasteiger partial charge on any atom is -0.495 e. The van der Waals surface area contributed by atoms with E-state index in [2.05, 4.69) is 41.0 Å². The highest BCUT2D eigenvalue weighted by atomic mass is 19.3. The van der Waals surface area contributed by atoms with Gasteiger partial charge in [-0.15, -0.1) is 0 Å². The molecule has 1 atom stereocenters. The normalized spacial score (nSPS) is 21.2. The lowest BCUT2D eigenvalue weighted by molar-refractivity contribution is -0.140. The fourth-order valence-electron chi connectivity index (χ4n) is 9.36. The van der Waals surface area contributed by atoms with E-state index in [0.29, 0.717) is 62.3 Å². The van der Waals surface area contributed by atoms with Gasteiger partial charge in [-0.3, -0.25) is 29.4 Å². The van der Waals surface area contributed by atoms with Crippen molar-refractivity contribution in [2.24, 2.45) is 0 Å². The highest BCUT2D eigenvalue weighted by molar-refractivity contribution is 6.02. The van der Waals surface area contributed by atoms with Crippen molar-refractivity contribution in [2.75, 3.05) is 106 Å². The summed E-state index contributed by atoms with van der Waals surface area (Å²) in [6.45, 7) is 4.98. The summed E-state index contributed by atoms with van der Waals surface area (Å²) in [5.74, 6) is -6.91. The van der Waals surface area contributed by atoms with Gasteiger partial charge in [0.25, 0.3) is 11.8 Å². The molecule has 0 spiro atoms. The molecule has 21 heteroatoms. The van der Waals surface area contributed by atoms with Gasteiger partial charge in [-0.1, -0.05) is 12.8 Å². The number of hydrogen-bond acceptors (Lipinski definition) is 14. The molecule has 8 rings (SSSR count). The molecular weight excluding hydrogens is 855 g/mol. The first-order chi connectivity index (χ1) is 31.2. The molecule has 3 aromatic rings. The fraction of sp³-hybridized carbons (Fsp3) is 0.545. The predicted octanol–water partition coefficient (Wildman–Crippen LogP) is 4.11. The van der Waals surface area contributed by atoms with Crippen molar-refractivity contribution in [3.8, 4) is 11.5 Å². The van der Waals surface area contributed by atoms with Crippen LogP contribution in [-0.2, 0) is 14.4 Å². The van der Waals surface area contributed by atoms with Crippen molar-refractivity contribution in [1.29, 1.82) is 0 Å². The zero-order valence-electron chi connectivity index (χ0n) is 36.7. The minimum absolute atomic E-state index is 0.0247. The first kappa shape index (κ1) is 45.6. The topological polar surface area (TPSA) is 177 Å². The molecule has 1 aliphatic carbocycles. The van der Waals surface area contributed by atoms with Crippen molar-refractivity contribution in [1.82, 2.24) is 30.4 Å². The number of amides is 4. The second-order valence-electron chi connectivity index (χ2n) is 17.3. The van der Waals surface area contributed by atoms with E-state index in [0.717, 1.165) is 63.1 Å². The Morgan fingerprint density at radius 2 is 1.51 bits per heavy atom. The molecular formula is C44H55F4N11O6. The van der Waals surface area contributed by atoms with E-state index in [1.807, 2.05) is 4.90 Å². The number of carbonyl (C=O) groups is 4. The van der Waals surface area contributed by atoms with E-state index in [1.165, 1.54) is 44.5 Å². The average Bonchev–Trinajstić information content (AvgIpc) is 3.82. The molecule has 4 N–H and O–H groups in total. The van der Waals surface area contributed by atoms with Crippen LogP contribution in [0, 0.1) is 11.6 Å². The number of fused-ring (bicyclic) bond motifs is 1. The van der Waals surface area contributed by atoms with Crippen LogP contribution in [0.5, 0.6) is 11.5 Å². The highest BCUT2D eigenvalue weighted by Gasteiger charge is 2.49. The number of piperazine rings is 1. The summed E-state index contributed by atoms with van der Waals surface area (Å²) >= 11 is 0. The minimum atomic E-state index is -3.63. The average molecular weight is 910 g/mol. The molecule has 4 amide bonds. The number of ether oxygens (including phenoxy) is 2. The maximum absolute atomic E-state index is 15.7. The van der Waals surface area contributed by atoms with Gasteiger partial charge in [0.2, 0.25) is 17.8 Å². The van der Waals surface area contributed by atoms with Crippen LogP contribution in [0.4, 0.5) is 52.1 Å². The molecule has 350 valence electrons. The number of aromatic nitrogens is 2. The van der Waals surface area contributed by atoms with Crippen molar-refractivity contribution in [3.05, 3.63) is 47.7 Å². The number of alkyl halides is 2. The van der Waals surface area contributed by atoms with Crippen LogP contribution < -0.4 is 45.4 Å². The van der Waals surface area contributed by atoms with Crippen LogP contribution >= 0.6 is 0 Å². The Bertz CT molecular complexity index is 2290. The van der Waals surface area contributed by atoms with Crippen LogP contribution in [0.2, 0.25) is 0 Å². The Hall–Kier alpha value is -5.96. The van der Waals surface area contributed by atoms with E-state index in [1.54, 1.807) is 6.07 Å². The van der Waals surface area contributed by atoms with Crippen LogP contribution in [0.1, 0.15) is 61.7 Å². The molecule has 5 aliphatic rings. The van der Waals surface area contributed by atoms with E-state index in [-0.39, 0.29) is 58.9 Å². The van der Waals surface area contributed by atoms with Gasteiger partial charge in [0.15, 0.2) is 5.82 Å². The molecule has 0 radical (unpaired) electrons. The number of piperidine rings is 2. The molecule has 1 aromatic heterocycles. The van der Waals surface area contributed by atoms with Gasteiger partial charge in [0, 0.05) is 96.1 Å². The lowest BCUT2D eigenvalue weighted by Crippen LogP contribution is -2.50. The third-order valence-corrected chi connectivity index (χ3v) is 13.1. The number of rotatable bonds is 13. The highest BCUT2D eigenvalue weighted by Crippen LogP contribution is 2.41.